The van der Waals surface area contributed by atoms with Gasteiger partial charge in [0.1, 0.15) is 0 Å². The van der Waals surface area contributed by atoms with E-state index in [1.807, 2.05) is 29.2 Å². The molecule has 2 aromatic rings. The summed E-state index contributed by atoms with van der Waals surface area (Å²) in [5, 5.41) is 8.01. The van der Waals surface area contributed by atoms with Crippen LogP contribution in [0, 0.1) is 0 Å². The average molecular weight is 258 g/mol. The molecule has 0 atom stereocenters. The highest BCUT2D eigenvalue weighted by Crippen LogP contribution is 2.17. The first-order chi connectivity index (χ1) is 9.29. The van der Waals surface area contributed by atoms with Gasteiger partial charge in [0, 0.05) is 31.6 Å². The number of amides is 1. The van der Waals surface area contributed by atoms with Gasteiger partial charge in [0.2, 0.25) is 0 Å². The molecule has 5 heteroatoms. The Balaban J connectivity index is 1.81. The molecule has 3 rings (SSSR count). The third kappa shape index (κ3) is 2.21. The maximum absolute atomic E-state index is 12.5. The summed E-state index contributed by atoms with van der Waals surface area (Å²) in [6.07, 6.45) is 0. The summed E-state index contributed by atoms with van der Waals surface area (Å²) in [5.41, 5.74) is 1.46. The van der Waals surface area contributed by atoms with Crippen LogP contribution in [-0.4, -0.2) is 58.6 Å². The van der Waals surface area contributed by atoms with Crippen LogP contribution in [0.1, 0.15) is 17.4 Å². The van der Waals surface area contributed by atoms with Gasteiger partial charge in [0.25, 0.3) is 5.91 Å². The molecule has 0 radical (unpaired) electrons. The number of H-pyrrole nitrogens is 1. The molecule has 1 fully saturated rings. The smallest absolute Gasteiger partial charge is 0.275 e. The molecular formula is C14H18N4O. The minimum atomic E-state index is 0.0354. The monoisotopic (exact) mass is 258 g/mol. The van der Waals surface area contributed by atoms with Crippen molar-refractivity contribution in [3.63, 3.8) is 0 Å². The number of hydrogen-bond acceptors (Lipinski definition) is 3. The van der Waals surface area contributed by atoms with Gasteiger partial charge in [-0.2, -0.15) is 5.10 Å². The maximum Gasteiger partial charge on any atom is 0.275 e. The lowest BCUT2D eigenvalue weighted by atomic mass is 10.2. The highest BCUT2D eigenvalue weighted by Gasteiger charge is 2.24. The number of fused-ring (bicyclic) bond motifs is 1. The molecule has 0 aliphatic carbocycles. The molecule has 1 aromatic heterocycles. The van der Waals surface area contributed by atoms with Crippen molar-refractivity contribution in [2.24, 2.45) is 0 Å². The van der Waals surface area contributed by atoms with E-state index in [-0.39, 0.29) is 5.91 Å². The lowest BCUT2D eigenvalue weighted by molar-refractivity contribution is 0.0639. The zero-order valence-electron chi connectivity index (χ0n) is 11.1. The summed E-state index contributed by atoms with van der Waals surface area (Å²) >= 11 is 0. The minimum absolute atomic E-state index is 0.0354. The highest BCUT2D eigenvalue weighted by atomic mass is 16.2. The van der Waals surface area contributed by atoms with E-state index >= 15 is 0 Å². The molecule has 1 aliphatic heterocycles. The third-order valence-corrected chi connectivity index (χ3v) is 3.78. The fraction of sp³-hybridized carbons (Fsp3) is 0.429. The molecule has 1 saturated heterocycles. The number of para-hydroxylation sites is 1. The number of carbonyl (C=O) groups is 1. The number of piperazine rings is 1. The lowest BCUT2D eigenvalue weighted by Crippen LogP contribution is -2.48. The van der Waals surface area contributed by atoms with E-state index in [0.717, 1.165) is 43.6 Å². The molecule has 0 saturated carbocycles. The topological polar surface area (TPSA) is 52.2 Å². The number of rotatable bonds is 2. The highest BCUT2D eigenvalue weighted by molar-refractivity contribution is 6.04. The Kier molecular flexibility index (Phi) is 3.21. The van der Waals surface area contributed by atoms with Crippen LogP contribution in [0.25, 0.3) is 10.9 Å². The van der Waals surface area contributed by atoms with Crippen LogP contribution in [0.4, 0.5) is 0 Å². The fourth-order valence-corrected chi connectivity index (χ4v) is 2.54. The first-order valence-electron chi connectivity index (χ1n) is 6.74. The first kappa shape index (κ1) is 12.2. The number of nitrogens with zero attached hydrogens (tertiary/aromatic N) is 3. The van der Waals surface area contributed by atoms with Crippen molar-refractivity contribution in [2.75, 3.05) is 32.7 Å². The first-order valence-corrected chi connectivity index (χ1v) is 6.74. The fourth-order valence-electron chi connectivity index (χ4n) is 2.54. The number of aromatic nitrogens is 2. The lowest BCUT2D eigenvalue weighted by Gasteiger charge is -2.33. The second kappa shape index (κ2) is 5.01. The zero-order chi connectivity index (χ0) is 13.2. The molecular weight excluding hydrogens is 240 g/mol. The van der Waals surface area contributed by atoms with Crippen molar-refractivity contribution in [2.45, 2.75) is 6.92 Å². The molecule has 1 N–H and O–H groups in total. The standard InChI is InChI=1S/C14H18N4O/c1-2-17-7-9-18(10-8-17)14(19)13-11-5-3-4-6-12(11)15-16-13/h3-6H,2,7-10H2,1H3,(H,15,16). The number of likely N-dealkylation sites (N-methyl/N-ethyl adjacent to an activating group) is 1. The summed E-state index contributed by atoms with van der Waals surface area (Å²) in [7, 11) is 0. The van der Waals surface area contributed by atoms with E-state index < -0.39 is 0 Å². The second-order valence-electron chi connectivity index (χ2n) is 4.84. The van der Waals surface area contributed by atoms with Crippen LogP contribution in [0.3, 0.4) is 0 Å². The summed E-state index contributed by atoms with van der Waals surface area (Å²) in [4.78, 5) is 16.7. The summed E-state index contributed by atoms with van der Waals surface area (Å²) in [6.45, 7) is 6.67. The zero-order valence-corrected chi connectivity index (χ0v) is 11.1. The van der Waals surface area contributed by atoms with Crippen molar-refractivity contribution in [3.8, 4) is 0 Å². The molecule has 19 heavy (non-hydrogen) atoms. The Bertz CT molecular complexity index is 584. The predicted octanol–water partition coefficient (Wildman–Crippen LogP) is 1.34. The molecule has 0 bridgehead atoms. The normalized spacial score (nSPS) is 17.0. The van der Waals surface area contributed by atoms with E-state index in [1.165, 1.54) is 0 Å². The van der Waals surface area contributed by atoms with Gasteiger partial charge in [-0.1, -0.05) is 25.1 Å². The van der Waals surface area contributed by atoms with Gasteiger partial charge in [0.05, 0.1) is 5.52 Å². The number of nitrogens with one attached hydrogen (secondary N) is 1. The van der Waals surface area contributed by atoms with Gasteiger partial charge in [-0.3, -0.25) is 9.89 Å². The molecule has 1 amide bonds. The van der Waals surface area contributed by atoms with E-state index in [9.17, 15) is 4.79 Å². The predicted molar refractivity (Wildman–Crippen MR) is 74.1 cm³/mol. The summed E-state index contributed by atoms with van der Waals surface area (Å²) in [5.74, 6) is 0.0354. The average Bonchev–Trinajstić information content (AvgIpc) is 2.90. The van der Waals surface area contributed by atoms with E-state index in [4.69, 9.17) is 0 Å². The quantitative estimate of drug-likeness (QED) is 0.884. The van der Waals surface area contributed by atoms with E-state index in [0.29, 0.717) is 5.69 Å². The van der Waals surface area contributed by atoms with Crippen LogP contribution in [0.15, 0.2) is 24.3 Å². The van der Waals surface area contributed by atoms with Gasteiger partial charge in [-0.25, -0.2) is 0 Å². The molecule has 5 nitrogen and oxygen atoms in total. The van der Waals surface area contributed by atoms with Gasteiger partial charge >= 0.3 is 0 Å². The number of carbonyl (C=O) groups excluding carboxylic acids is 1. The van der Waals surface area contributed by atoms with Crippen LogP contribution in [-0.2, 0) is 0 Å². The van der Waals surface area contributed by atoms with Crippen LogP contribution < -0.4 is 0 Å². The van der Waals surface area contributed by atoms with Gasteiger partial charge < -0.3 is 9.80 Å². The molecule has 2 heterocycles. The Morgan fingerprint density at radius 1 is 1.26 bits per heavy atom. The van der Waals surface area contributed by atoms with Crippen molar-refractivity contribution in [3.05, 3.63) is 30.0 Å². The van der Waals surface area contributed by atoms with Crippen LogP contribution in [0.5, 0.6) is 0 Å². The van der Waals surface area contributed by atoms with Crippen molar-refractivity contribution >= 4 is 16.8 Å². The van der Waals surface area contributed by atoms with E-state index in [1.54, 1.807) is 0 Å². The number of benzene rings is 1. The minimum Gasteiger partial charge on any atom is -0.335 e. The third-order valence-electron chi connectivity index (χ3n) is 3.78. The maximum atomic E-state index is 12.5. The van der Waals surface area contributed by atoms with Gasteiger partial charge in [0.15, 0.2) is 5.69 Å². The number of hydrogen-bond donors (Lipinski definition) is 1. The van der Waals surface area contributed by atoms with E-state index in [2.05, 4.69) is 22.0 Å². The Morgan fingerprint density at radius 2 is 2.00 bits per heavy atom. The van der Waals surface area contributed by atoms with Crippen LogP contribution >= 0.6 is 0 Å². The van der Waals surface area contributed by atoms with Crippen molar-refractivity contribution < 1.29 is 4.79 Å². The Morgan fingerprint density at radius 3 is 2.74 bits per heavy atom. The molecule has 0 spiro atoms. The molecule has 1 aliphatic rings. The number of aromatic amines is 1. The summed E-state index contributed by atoms with van der Waals surface area (Å²) < 4.78 is 0. The van der Waals surface area contributed by atoms with Gasteiger partial charge in [-0.05, 0) is 12.6 Å². The second-order valence-corrected chi connectivity index (χ2v) is 4.84. The molecule has 1 aromatic carbocycles. The van der Waals surface area contributed by atoms with Crippen molar-refractivity contribution in [1.29, 1.82) is 0 Å². The molecule has 100 valence electrons. The van der Waals surface area contributed by atoms with Gasteiger partial charge in [-0.15, -0.1) is 0 Å². The SMILES string of the molecule is CCN1CCN(C(=O)c2n[nH]c3ccccc23)CC1. The van der Waals surface area contributed by atoms with Crippen LogP contribution in [0.2, 0.25) is 0 Å². The largest absolute Gasteiger partial charge is 0.335 e. The summed E-state index contributed by atoms with van der Waals surface area (Å²) in [6, 6.07) is 7.75. The Hall–Kier alpha value is -1.88. The molecule has 0 unspecified atom stereocenters. The van der Waals surface area contributed by atoms with Crippen molar-refractivity contribution in [1.82, 2.24) is 20.0 Å². The Labute approximate surface area is 112 Å².